The summed E-state index contributed by atoms with van der Waals surface area (Å²) < 4.78 is 13.5. The summed E-state index contributed by atoms with van der Waals surface area (Å²) in [4.78, 5) is 21.7. The van der Waals surface area contributed by atoms with Gasteiger partial charge in [-0.25, -0.2) is 0 Å². The quantitative estimate of drug-likeness (QED) is 0.680. The standard InChI is InChI=1S/C14H17FN2O3/c1-9(10-4-2-3-5-10)16-14(18)11-6-7-13(17(19)20)12(15)8-11/h6-10H,2-5H2,1H3,(H,16,18). The molecular formula is C14H17FN2O3. The van der Waals surface area contributed by atoms with Crippen LogP contribution < -0.4 is 5.32 Å². The molecular weight excluding hydrogens is 263 g/mol. The van der Waals surface area contributed by atoms with Gasteiger partial charge in [-0.1, -0.05) is 12.8 Å². The van der Waals surface area contributed by atoms with Gasteiger partial charge in [0.2, 0.25) is 5.82 Å². The Morgan fingerprint density at radius 1 is 1.45 bits per heavy atom. The number of carbonyl (C=O) groups is 1. The van der Waals surface area contributed by atoms with Crippen molar-refractivity contribution in [3.63, 3.8) is 0 Å². The second-order valence-electron chi connectivity index (χ2n) is 5.23. The van der Waals surface area contributed by atoms with E-state index in [0.29, 0.717) is 5.92 Å². The van der Waals surface area contributed by atoms with Crippen LogP contribution >= 0.6 is 0 Å². The monoisotopic (exact) mass is 280 g/mol. The summed E-state index contributed by atoms with van der Waals surface area (Å²) in [6.45, 7) is 1.94. The molecule has 1 N–H and O–H groups in total. The summed E-state index contributed by atoms with van der Waals surface area (Å²) in [5, 5.41) is 13.4. The minimum absolute atomic E-state index is 0.0308. The van der Waals surface area contributed by atoms with E-state index in [4.69, 9.17) is 0 Å². The van der Waals surface area contributed by atoms with Crippen molar-refractivity contribution in [3.05, 3.63) is 39.7 Å². The number of hydrogen-bond donors (Lipinski definition) is 1. The fourth-order valence-corrected chi connectivity index (χ4v) is 2.66. The predicted octanol–water partition coefficient (Wildman–Crippen LogP) is 3.04. The molecule has 1 aromatic carbocycles. The highest BCUT2D eigenvalue weighted by atomic mass is 19.1. The lowest BCUT2D eigenvalue weighted by Crippen LogP contribution is -2.37. The Hall–Kier alpha value is -1.98. The summed E-state index contributed by atoms with van der Waals surface area (Å²) in [6, 6.07) is 3.24. The van der Waals surface area contributed by atoms with Crippen LogP contribution in [0.15, 0.2) is 18.2 Å². The van der Waals surface area contributed by atoms with Crippen LogP contribution in [0.3, 0.4) is 0 Å². The van der Waals surface area contributed by atoms with Crippen LogP contribution in [-0.4, -0.2) is 16.9 Å². The maximum absolute atomic E-state index is 13.5. The van der Waals surface area contributed by atoms with Crippen molar-refractivity contribution in [2.45, 2.75) is 38.6 Å². The molecule has 1 fully saturated rings. The van der Waals surface area contributed by atoms with E-state index in [-0.39, 0.29) is 11.6 Å². The molecule has 0 spiro atoms. The van der Waals surface area contributed by atoms with Crippen molar-refractivity contribution in [3.8, 4) is 0 Å². The number of benzene rings is 1. The highest BCUT2D eigenvalue weighted by Crippen LogP contribution is 2.27. The van der Waals surface area contributed by atoms with Crippen LogP contribution in [0.25, 0.3) is 0 Å². The Balaban J connectivity index is 2.05. The molecule has 0 aromatic heterocycles. The van der Waals surface area contributed by atoms with E-state index in [0.717, 1.165) is 25.0 Å². The zero-order valence-corrected chi connectivity index (χ0v) is 11.3. The number of nitro benzene ring substituents is 1. The SMILES string of the molecule is CC(NC(=O)c1ccc([N+](=O)[O-])c(F)c1)C1CCCC1. The molecule has 5 nitrogen and oxygen atoms in total. The van der Waals surface area contributed by atoms with Gasteiger partial charge in [0.1, 0.15) is 0 Å². The van der Waals surface area contributed by atoms with Crippen LogP contribution in [0.1, 0.15) is 43.0 Å². The number of carbonyl (C=O) groups excluding carboxylic acids is 1. The zero-order valence-electron chi connectivity index (χ0n) is 11.3. The molecule has 1 saturated carbocycles. The average molecular weight is 280 g/mol. The molecule has 1 aliphatic carbocycles. The zero-order chi connectivity index (χ0) is 14.7. The van der Waals surface area contributed by atoms with Crippen molar-refractivity contribution in [2.75, 3.05) is 0 Å². The number of nitrogens with zero attached hydrogens (tertiary/aromatic N) is 1. The molecule has 6 heteroatoms. The number of nitro groups is 1. The largest absolute Gasteiger partial charge is 0.349 e. The minimum Gasteiger partial charge on any atom is -0.349 e. The molecule has 0 saturated heterocycles. The minimum atomic E-state index is -0.990. The summed E-state index contributed by atoms with van der Waals surface area (Å²) in [5.41, 5.74) is -0.511. The first-order valence-electron chi connectivity index (χ1n) is 6.74. The number of hydrogen-bond acceptors (Lipinski definition) is 3. The van der Waals surface area contributed by atoms with Crippen molar-refractivity contribution in [2.24, 2.45) is 5.92 Å². The topological polar surface area (TPSA) is 72.2 Å². The molecule has 1 aliphatic rings. The highest BCUT2D eigenvalue weighted by molar-refractivity contribution is 5.94. The molecule has 108 valence electrons. The summed E-state index contributed by atoms with van der Waals surface area (Å²) in [6.07, 6.45) is 4.54. The van der Waals surface area contributed by atoms with Crippen molar-refractivity contribution >= 4 is 11.6 Å². The second kappa shape index (κ2) is 5.98. The number of halogens is 1. The molecule has 0 aliphatic heterocycles. The van der Waals surface area contributed by atoms with Gasteiger partial charge in [-0.3, -0.25) is 14.9 Å². The summed E-state index contributed by atoms with van der Waals surface area (Å²) in [7, 11) is 0. The van der Waals surface area contributed by atoms with Gasteiger partial charge in [0.25, 0.3) is 5.91 Å². The Bertz CT molecular complexity index is 527. The van der Waals surface area contributed by atoms with E-state index in [1.54, 1.807) is 0 Å². The normalized spacial score (nSPS) is 16.9. The third kappa shape index (κ3) is 3.12. The number of amides is 1. The lowest BCUT2D eigenvalue weighted by Gasteiger charge is -2.20. The third-order valence-corrected chi connectivity index (χ3v) is 3.87. The van der Waals surface area contributed by atoms with Crippen molar-refractivity contribution in [1.82, 2.24) is 5.32 Å². The smallest absolute Gasteiger partial charge is 0.304 e. The third-order valence-electron chi connectivity index (χ3n) is 3.87. The van der Waals surface area contributed by atoms with Gasteiger partial charge in [-0.2, -0.15) is 4.39 Å². The molecule has 0 bridgehead atoms. The fourth-order valence-electron chi connectivity index (χ4n) is 2.66. The fraction of sp³-hybridized carbons (Fsp3) is 0.500. The molecule has 2 rings (SSSR count). The van der Waals surface area contributed by atoms with Gasteiger partial charge < -0.3 is 5.32 Å². The van der Waals surface area contributed by atoms with Gasteiger partial charge in [0.05, 0.1) is 4.92 Å². The van der Waals surface area contributed by atoms with Gasteiger partial charge in [-0.05, 0) is 37.8 Å². The molecule has 1 atom stereocenters. The predicted molar refractivity (Wildman–Crippen MR) is 71.9 cm³/mol. The van der Waals surface area contributed by atoms with Gasteiger partial charge in [0, 0.05) is 17.7 Å². The first-order valence-corrected chi connectivity index (χ1v) is 6.74. The second-order valence-corrected chi connectivity index (χ2v) is 5.23. The summed E-state index contributed by atoms with van der Waals surface area (Å²) >= 11 is 0. The average Bonchev–Trinajstić information content (AvgIpc) is 2.91. The molecule has 1 unspecified atom stereocenters. The van der Waals surface area contributed by atoms with E-state index >= 15 is 0 Å². The van der Waals surface area contributed by atoms with E-state index < -0.39 is 22.3 Å². The maximum atomic E-state index is 13.5. The van der Waals surface area contributed by atoms with Crippen molar-refractivity contribution in [1.29, 1.82) is 0 Å². The van der Waals surface area contributed by atoms with Gasteiger partial charge in [0.15, 0.2) is 0 Å². The van der Waals surface area contributed by atoms with E-state index in [1.807, 2.05) is 6.92 Å². The first kappa shape index (κ1) is 14.4. The lowest BCUT2D eigenvalue weighted by molar-refractivity contribution is -0.387. The van der Waals surface area contributed by atoms with Crippen LogP contribution in [0.4, 0.5) is 10.1 Å². The van der Waals surface area contributed by atoms with Crippen LogP contribution in [0.5, 0.6) is 0 Å². The number of nitrogens with one attached hydrogen (secondary N) is 1. The molecule has 0 radical (unpaired) electrons. The number of rotatable bonds is 4. The van der Waals surface area contributed by atoms with Crippen LogP contribution in [-0.2, 0) is 0 Å². The van der Waals surface area contributed by atoms with E-state index in [2.05, 4.69) is 5.32 Å². The van der Waals surface area contributed by atoms with E-state index in [1.165, 1.54) is 18.9 Å². The molecule has 1 amide bonds. The lowest BCUT2D eigenvalue weighted by atomic mass is 9.99. The molecule has 20 heavy (non-hydrogen) atoms. The molecule has 1 aromatic rings. The van der Waals surface area contributed by atoms with Gasteiger partial charge in [-0.15, -0.1) is 0 Å². The Morgan fingerprint density at radius 2 is 2.10 bits per heavy atom. The summed E-state index contributed by atoms with van der Waals surface area (Å²) in [5.74, 6) is -0.920. The Labute approximate surface area is 116 Å². The van der Waals surface area contributed by atoms with Gasteiger partial charge >= 0.3 is 5.69 Å². The molecule has 0 heterocycles. The first-order chi connectivity index (χ1) is 9.49. The Kier molecular flexibility index (Phi) is 4.32. The maximum Gasteiger partial charge on any atom is 0.304 e. The van der Waals surface area contributed by atoms with Crippen molar-refractivity contribution < 1.29 is 14.1 Å². The van der Waals surface area contributed by atoms with Crippen LogP contribution in [0, 0.1) is 21.8 Å². The highest BCUT2D eigenvalue weighted by Gasteiger charge is 2.24. The Morgan fingerprint density at radius 3 is 2.65 bits per heavy atom. The van der Waals surface area contributed by atoms with E-state index in [9.17, 15) is 19.3 Å². The van der Waals surface area contributed by atoms with Crippen LogP contribution in [0.2, 0.25) is 0 Å².